The quantitative estimate of drug-likeness (QED) is 0.653. The number of aliphatic carboxylic acids is 1. The zero-order valence-corrected chi connectivity index (χ0v) is 9.46. The Morgan fingerprint density at radius 3 is 2.41 bits per heavy atom. The Balaban J connectivity index is 2.46. The van der Waals surface area contributed by atoms with Gasteiger partial charge in [0, 0.05) is 6.54 Å². The third-order valence-electron chi connectivity index (χ3n) is 2.42. The van der Waals surface area contributed by atoms with Crippen molar-refractivity contribution >= 4 is 11.9 Å². The Morgan fingerprint density at radius 1 is 1.29 bits per heavy atom. The SMILES string of the molecule is CC(C(=O)O)C(=O)NCC(O)c1ccccc1. The highest BCUT2D eigenvalue weighted by Crippen LogP contribution is 2.10. The average molecular weight is 237 g/mol. The average Bonchev–Trinajstić information content (AvgIpc) is 2.35. The summed E-state index contributed by atoms with van der Waals surface area (Å²) < 4.78 is 0. The predicted octanol–water partition coefficient (Wildman–Crippen LogP) is 0.557. The van der Waals surface area contributed by atoms with Crippen molar-refractivity contribution in [1.82, 2.24) is 5.32 Å². The first-order chi connectivity index (χ1) is 8.02. The van der Waals surface area contributed by atoms with Gasteiger partial charge in [0.25, 0.3) is 0 Å². The highest BCUT2D eigenvalue weighted by molar-refractivity contribution is 5.96. The summed E-state index contributed by atoms with van der Waals surface area (Å²) >= 11 is 0. The predicted molar refractivity (Wildman–Crippen MR) is 61.2 cm³/mol. The minimum atomic E-state index is -1.18. The molecule has 0 fully saturated rings. The highest BCUT2D eigenvalue weighted by atomic mass is 16.4. The maximum absolute atomic E-state index is 11.3. The molecule has 2 atom stereocenters. The number of aliphatic hydroxyl groups is 1. The van der Waals surface area contributed by atoms with Crippen molar-refractivity contribution in [2.24, 2.45) is 5.92 Å². The van der Waals surface area contributed by atoms with Crippen LogP contribution in [-0.4, -0.2) is 28.6 Å². The molecule has 0 heterocycles. The number of nitrogens with one attached hydrogen (secondary N) is 1. The van der Waals surface area contributed by atoms with Gasteiger partial charge in [-0.15, -0.1) is 0 Å². The van der Waals surface area contributed by atoms with Gasteiger partial charge in [-0.05, 0) is 12.5 Å². The standard InChI is InChI=1S/C12H15NO4/c1-8(12(16)17)11(15)13-7-10(14)9-5-3-2-4-6-9/h2-6,8,10,14H,7H2,1H3,(H,13,15)(H,16,17). The van der Waals surface area contributed by atoms with Gasteiger partial charge in [0.05, 0.1) is 6.10 Å². The minimum Gasteiger partial charge on any atom is -0.481 e. The monoisotopic (exact) mass is 237 g/mol. The summed E-state index contributed by atoms with van der Waals surface area (Å²) in [5, 5.41) is 20.7. The summed E-state index contributed by atoms with van der Waals surface area (Å²) in [6.45, 7) is 1.30. The second-order valence-corrected chi connectivity index (χ2v) is 3.73. The van der Waals surface area contributed by atoms with Gasteiger partial charge in [-0.2, -0.15) is 0 Å². The fourth-order valence-corrected chi connectivity index (χ4v) is 1.26. The van der Waals surface area contributed by atoms with E-state index in [9.17, 15) is 14.7 Å². The first-order valence-electron chi connectivity index (χ1n) is 5.26. The van der Waals surface area contributed by atoms with Crippen molar-refractivity contribution in [3.8, 4) is 0 Å². The van der Waals surface area contributed by atoms with Crippen LogP contribution in [0.15, 0.2) is 30.3 Å². The van der Waals surface area contributed by atoms with Crippen LogP contribution in [0, 0.1) is 5.92 Å². The van der Waals surface area contributed by atoms with Crippen LogP contribution < -0.4 is 5.32 Å². The van der Waals surface area contributed by atoms with Crippen LogP contribution in [-0.2, 0) is 9.59 Å². The molecule has 1 amide bonds. The van der Waals surface area contributed by atoms with Gasteiger partial charge < -0.3 is 15.5 Å². The van der Waals surface area contributed by atoms with Crippen molar-refractivity contribution in [1.29, 1.82) is 0 Å². The second-order valence-electron chi connectivity index (χ2n) is 3.73. The minimum absolute atomic E-state index is 0.000463. The van der Waals surface area contributed by atoms with Gasteiger partial charge in [0.1, 0.15) is 5.92 Å². The lowest BCUT2D eigenvalue weighted by Gasteiger charge is -2.13. The Hall–Kier alpha value is -1.88. The van der Waals surface area contributed by atoms with Gasteiger partial charge in [-0.25, -0.2) is 0 Å². The molecule has 5 nitrogen and oxygen atoms in total. The number of carbonyl (C=O) groups excluding carboxylic acids is 1. The zero-order chi connectivity index (χ0) is 12.8. The maximum Gasteiger partial charge on any atom is 0.315 e. The normalized spacial score (nSPS) is 13.8. The summed E-state index contributed by atoms with van der Waals surface area (Å²) in [4.78, 5) is 21.8. The lowest BCUT2D eigenvalue weighted by atomic mass is 10.1. The number of rotatable bonds is 5. The third kappa shape index (κ3) is 3.88. The number of carboxylic acid groups (broad SMARTS) is 1. The summed E-state index contributed by atoms with van der Waals surface area (Å²) in [6.07, 6.45) is -0.832. The molecule has 0 spiro atoms. The Bertz CT molecular complexity index is 391. The molecule has 2 unspecified atom stereocenters. The Labute approximate surface area is 99.1 Å². The van der Waals surface area contributed by atoms with E-state index in [1.165, 1.54) is 6.92 Å². The summed E-state index contributed by atoms with van der Waals surface area (Å²) in [5.41, 5.74) is 0.677. The number of hydrogen-bond donors (Lipinski definition) is 3. The fraction of sp³-hybridized carbons (Fsp3) is 0.333. The van der Waals surface area contributed by atoms with E-state index in [4.69, 9.17) is 5.11 Å². The Morgan fingerprint density at radius 2 is 1.88 bits per heavy atom. The zero-order valence-electron chi connectivity index (χ0n) is 9.46. The number of carboxylic acids is 1. The number of aliphatic hydroxyl groups excluding tert-OH is 1. The highest BCUT2D eigenvalue weighted by Gasteiger charge is 2.20. The molecule has 3 N–H and O–H groups in total. The molecule has 17 heavy (non-hydrogen) atoms. The van der Waals surface area contributed by atoms with Gasteiger partial charge in [0.15, 0.2) is 0 Å². The number of carbonyl (C=O) groups is 2. The number of hydrogen-bond acceptors (Lipinski definition) is 3. The van der Waals surface area contributed by atoms with E-state index in [1.54, 1.807) is 24.3 Å². The van der Waals surface area contributed by atoms with Crippen LogP contribution in [0.2, 0.25) is 0 Å². The van der Waals surface area contributed by atoms with E-state index < -0.39 is 23.9 Å². The van der Waals surface area contributed by atoms with E-state index in [-0.39, 0.29) is 6.54 Å². The van der Waals surface area contributed by atoms with Crippen molar-refractivity contribution in [2.45, 2.75) is 13.0 Å². The van der Waals surface area contributed by atoms with E-state index in [1.807, 2.05) is 6.07 Å². The largest absolute Gasteiger partial charge is 0.481 e. The van der Waals surface area contributed by atoms with E-state index >= 15 is 0 Å². The fourth-order valence-electron chi connectivity index (χ4n) is 1.26. The lowest BCUT2D eigenvalue weighted by molar-refractivity contribution is -0.146. The molecular weight excluding hydrogens is 222 g/mol. The number of benzene rings is 1. The summed E-state index contributed by atoms with van der Waals surface area (Å²) in [5.74, 6) is -2.90. The van der Waals surface area contributed by atoms with Gasteiger partial charge >= 0.3 is 5.97 Å². The van der Waals surface area contributed by atoms with Crippen LogP contribution >= 0.6 is 0 Å². The van der Waals surface area contributed by atoms with Crippen molar-refractivity contribution in [3.05, 3.63) is 35.9 Å². The Kier molecular flexibility index (Phi) is 4.66. The van der Waals surface area contributed by atoms with Crippen LogP contribution in [0.3, 0.4) is 0 Å². The van der Waals surface area contributed by atoms with Crippen molar-refractivity contribution in [3.63, 3.8) is 0 Å². The van der Waals surface area contributed by atoms with Crippen LogP contribution in [0.1, 0.15) is 18.6 Å². The summed E-state index contributed by atoms with van der Waals surface area (Å²) in [6, 6.07) is 8.84. The van der Waals surface area contributed by atoms with Crippen LogP contribution in [0.5, 0.6) is 0 Å². The molecule has 0 saturated heterocycles. The van der Waals surface area contributed by atoms with E-state index in [2.05, 4.69) is 5.32 Å². The molecule has 0 aliphatic carbocycles. The first-order valence-corrected chi connectivity index (χ1v) is 5.26. The van der Waals surface area contributed by atoms with Crippen molar-refractivity contribution in [2.75, 3.05) is 6.54 Å². The third-order valence-corrected chi connectivity index (χ3v) is 2.42. The summed E-state index contributed by atoms with van der Waals surface area (Å²) in [7, 11) is 0. The molecule has 0 aliphatic rings. The topological polar surface area (TPSA) is 86.6 Å². The van der Waals surface area contributed by atoms with Crippen LogP contribution in [0.25, 0.3) is 0 Å². The molecule has 0 radical (unpaired) electrons. The number of amides is 1. The van der Waals surface area contributed by atoms with Gasteiger partial charge in [0.2, 0.25) is 5.91 Å². The second kappa shape index (κ2) is 6.00. The molecule has 92 valence electrons. The van der Waals surface area contributed by atoms with E-state index in [0.717, 1.165) is 0 Å². The molecule has 0 aromatic heterocycles. The smallest absolute Gasteiger partial charge is 0.315 e. The first kappa shape index (κ1) is 13.2. The molecule has 5 heteroatoms. The van der Waals surface area contributed by atoms with E-state index in [0.29, 0.717) is 5.56 Å². The molecular formula is C12H15NO4. The molecule has 0 saturated carbocycles. The molecule has 1 rings (SSSR count). The van der Waals surface area contributed by atoms with Crippen LogP contribution in [0.4, 0.5) is 0 Å². The molecule has 0 aliphatic heterocycles. The lowest BCUT2D eigenvalue weighted by Crippen LogP contribution is -2.36. The van der Waals surface area contributed by atoms with Crippen molar-refractivity contribution < 1.29 is 19.8 Å². The maximum atomic E-state index is 11.3. The molecule has 1 aromatic rings. The molecule has 1 aromatic carbocycles. The van der Waals surface area contributed by atoms with Gasteiger partial charge in [-0.3, -0.25) is 9.59 Å². The molecule has 0 bridgehead atoms. The van der Waals surface area contributed by atoms with Gasteiger partial charge in [-0.1, -0.05) is 30.3 Å².